The molecule has 0 heterocycles. The van der Waals surface area contributed by atoms with Crippen LogP contribution in [0.15, 0.2) is 42.5 Å². The number of ether oxygens (including phenoxy) is 3. The van der Waals surface area contributed by atoms with Gasteiger partial charge in [-0.2, -0.15) is 0 Å². The summed E-state index contributed by atoms with van der Waals surface area (Å²) < 4.78 is 14.7. The number of hydrogen-bond acceptors (Lipinski definition) is 10. The molecule has 0 aliphatic heterocycles. The zero-order valence-electron chi connectivity index (χ0n) is 17.3. The van der Waals surface area contributed by atoms with E-state index in [1.807, 2.05) is 0 Å². The molecule has 1 aliphatic carbocycles. The van der Waals surface area contributed by atoms with Gasteiger partial charge in [-0.05, 0) is 41.5 Å². The maximum Gasteiger partial charge on any atom is 0.337 e. The lowest BCUT2D eigenvalue weighted by Crippen LogP contribution is -2.76. The third-order valence-corrected chi connectivity index (χ3v) is 5.61. The molecule has 0 radical (unpaired) electrons. The van der Waals surface area contributed by atoms with Crippen molar-refractivity contribution in [2.24, 2.45) is 5.92 Å². The molecule has 1 fully saturated rings. The third kappa shape index (κ3) is 4.06. The van der Waals surface area contributed by atoms with Gasteiger partial charge in [-0.1, -0.05) is 12.1 Å². The maximum absolute atomic E-state index is 12.0. The summed E-state index contributed by atoms with van der Waals surface area (Å²) in [5.74, 6) is -2.32. The molecule has 0 spiro atoms. The summed E-state index contributed by atoms with van der Waals surface area (Å²) in [7, 11) is 2.44. The summed E-state index contributed by atoms with van der Waals surface area (Å²) in [5.41, 5.74) is -0.838. The highest BCUT2D eigenvalue weighted by Crippen LogP contribution is 2.42. The van der Waals surface area contributed by atoms with E-state index in [0.717, 1.165) is 0 Å². The SMILES string of the molecule is COC(=O)c1cc(C(=O)OC)cc(-c2ccc(OC(O)C3(O)C(O)C(O)C3CO)cc2)c1. The Morgan fingerprint density at radius 2 is 1.50 bits per heavy atom. The molecule has 0 amide bonds. The highest BCUT2D eigenvalue weighted by Gasteiger charge is 2.65. The van der Waals surface area contributed by atoms with Gasteiger partial charge in [0.05, 0.1) is 38.1 Å². The predicted octanol–water partition coefficient (Wildman–Crippen LogP) is -0.301. The van der Waals surface area contributed by atoms with E-state index in [1.54, 1.807) is 12.1 Å². The molecule has 1 aliphatic rings. The zero-order chi connectivity index (χ0) is 23.6. The van der Waals surface area contributed by atoms with Gasteiger partial charge in [0.15, 0.2) is 5.60 Å². The first kappa shape index (κ1) is 23.6. The lowest BCUT2D eigenvalue weighted by molar-refractivity contribution is -0.332. The van der Waals surface area contributed by atoms with Gasteiger partial charge in [0.1, 0.15) is 11.9 Å². The van der Waals surface area contributed by atoms with Crippen molar-refractivity contribution < 1.29 is 49.3 Å². The van der Waals surface area contributed by atoms with Crippen molar-refractivity contribution in [2.45, 2.75) is 24.1 Å². The number of carbonyl (C=O) groups excluding carboxylic acids is 2. The molecule has 3 rings (SSSR count). The molecule has 5 atom stereocenters. The molecule has 5 N–H and O–H groups in total. The number of benzene rings is 2. The van der Waals surface area contributed by atoms with Crippen LogP contribution in [0.1, 0.15) is 20.7 Å². The van der Waals surface area contributed by atoms with Crippen LogP contribution < -0.4 is 4.74 Å². The largest absolute Gasteiger partial charge is 0.465 e. The fourth-order valence-electron chi connectivity index (χ4n) is 3.67. The lowest BCUT2D eigenvalue weighted by atomic mass is 9.64. The van der Waals surface area contributed by atoms with Crippen LogP contribution in [0.25, 0.3) is 11.1 Å². The smallest absolute Gasteiger partial charge is 0.337 e. The highest BCUT2D eigenvalue weighted by molar-refractivity contribution is 5.97. The summed E-state index contributed by atoms with van der Waals surface area (Å²) in [6, 6.07) is 10.5. The van der Waals surface area contributed by atoms with Crippen molar-refractivity contribution in [3.63, 3.8) is 0 Å². The molecule has 0 saturated heterocycles. The quantitative estimate of drug-likeness (QED) is 0.281. The van der Waals surface area contributed by atoms with Crippen LogP contribution in [-0.4, -0.2) is 82.4 Å². The first-order valence-corrected chi connectivity index (χ1v) is 9.63. The fourth-order valence-corrected chi connectivity index (χ4v) is 3.67. The van der Waals surface area contributed by atoms with Gasteiger partial charge < -0.3 is 39.7 Å². The Morgan fingerprint density at radius 1 is 0.969 bits per heavy atom. The summed E-state index contributed by atoms with van der Waals surface area (Å²) in [6.07, 6.45) is -5.00. The lowest BCUT2D eigenvalue weighted by Gasteiger charge is -2.53. The number of rotatable bonds is 7. The first-order chi connectivity index (χ1) is 15.2. The van der Waals surface area contributed by atoms with Crippen LogP contribution in [0.2, 0.25) is 0 Å². The van der Waals surface area contributed by atoms with Gasteiger partial charge in [0.2, 0.25) is 6.29 Å². The maximum atomic E-state index is 12.0. The first-order valence-electron chi connectivity index (χ1n) is 9.63. The fraction of sp³-hybridized carbons (Fsp3) is 0.364. The molecular weight excluding hydrogens is 424 g/mol. The van der Waals surface area contributed by atoms with Crippen LogP contribution in [0.5, 0.6) is 5.75 Å². The van der Waals surface area contributed by atoms with E-state index in [2.05, 4.69) is 0 Å². The van der Waals surface area contributed by atoms with Gasteiger partial charge >= 0.3 is 11.9 Å². The van der Waals surface area contributed by atoms with Crippen LogP contribution in [-0.2, 0) is 9.47 Å². The number of aliphatic hydroxyl groups is 5. The van der Waals surface area contributed by atoms with Crippen molar-refractivity contribution in [3.8, 4) is 16.9 Å². The van der Waals surface area contributed by atoms with Gasteiger partial charge in [-0.25, -0.2) is 9.59 Å². The average Bonchev–Trinajstić information content (AvgIpc) is 2.82. The predicted molar refractivity (Wildman–Crippen MR) is 109 cm³/mol. The van der Waals surface area contributed by atoms with E-state index in [-0.39, 0.29) is 16.9 Å². The third-order valence-electron chi connectivity index (χ3n) is 5.61. The van der Waals surface area contributed by atoms with E-state index in [9.17, 15) is 35.1 Å². The summed E-state index contributed by atoms with van der Waals surface area (Å²) in [4.78, 5) is 23.9. The van der Waals surface area contributed by atoms with Gasteiger partial charge in [-0.15, -0.1) is 0 Å². The Morgan fingerprint density at radius 3 is 1.97 bits per heavy atom. The molecule has 10 nitrogen and oxygen atoms in total. The van der Waals surface area contributed by atoms with Gasteiger partial charge in [-0.3, -0.25) is 0 Å². The summed E-state index contributed by atoms with van der Waals surface area (Å²) >= 11 is 0. The second-order valence-corrected chi connectivity index (χ2v) is 7.39. The van der Waals surface area contributed by atoms with E-state index in [4.69, 9.17) is 14.2 Å². The Kier molecular flexibility index (Phi) is 6.82. The van der Waals surface area contributed by atoms with E-state index in [1.165, 1.54) is 44.6 Å². The zero-order valence-corrected chi connectivity index (χ0v) is 17.3. The molecular formula is C22H24O10. The second-order valence-electron chi connectivity index (χ2n) is 7.39. The normalized spacial score (nSPS) is 25.4. The minimum atomic E-state index is -2.24. The molecule has 0 aromatic heterocycles. The molecule has 1 saturated carbocycles. The van der Waals surface area contributed by atoms with E-state index < -0.39 is 48.6 Å². The Labute approximate surface area is 183 Å². The molecule has 0 bridgehead atoms. The second kappa shape index (κ2) is 9.23. The average molecular weight is 448 g/mol. The van der Waals surface area contributed by atoms with Crippen LogP contribution in [0.4, 0.5) is 0 Å². The number of carbonyl (C=O) groups is 2. The Bertz CT molecular complexity index is 954. The molecule has 2 aromatic carbocycles. The van der Waals surface area contributed by atoms with E-state index >= 15 is 0 Å². The standard InChI is InChI=1S/C22H24O10/c1-30-19(26)13-7-12(8-14(9-13)20(27)31-2)11-3-5-15(6-4-11)32-21(28)22(29)16(10-23)17(24)18(22)25/h3-9,16-18,21,23-25,28-29H,10H2,1-2H3. The number of methoxy groups -OCH3 is 2. The van der Waals surface area contributed by atoms with E-state index in [0.29, 0.717) is 11.1 Å². The number of hydrogen-bond donors (Lipinski definition) is 5. The van der Waals surface area contributed by atoms with Crippen LogP contribution in [0, 0.1) is 5.92 Å². The van der Waals surface area contributed by atoms with Crippen molar-refractivity contribution in [1.29, 1.82) is 0 Å². The Balaban J connectivity index is 1.84. The molecule has 32 heavy (non-hydrogen) atoms. The highest BCUT2D eigenvalue weighted by atomic mass is 16.6. The molecule has 2 aromatic rings. The number of esters is 2. The van der Waals surface area contributed by atoms with Crippen molar-refractivity contribution in [1.82, 2.24) is 0 Å². The molecule has 172 valence electrons. The minimum absolute atomic E-state index is 0.122. The molecule has 5 unspecified atom stereocenters. The van der Waals surface area contributed by atoms with Crippen LogP contribution in [0.3, 0.4) is 0 Å². The van der Waals surface area contributed by atoms with Crippen molar-refractivity contribution in [3.05, 3.63) is 53.6 Å². The topological polar surface area (TPSA) is 163 Å². The van der Waals surface area contributed by atoms with Gasteiger partial charge in [0.25, 0.3) is 0 Å². The van der Waals surface area contributed by atoms with Crippen molar-refractivity contribution >= 4 is 11.9 Å². The Hall–Kier alpha value is -3.02. The van der Waals surface area contributed by atoms with Crippen LogP contribution >= 0.6 is 0 Å². The summed E-state index contributed by atoms with van der Waals surface area (Å²) in [6.45, 7) is -0.660. The van der Waals surface area contributed by atoms with Crippen molar-refractivity contribution in [2.75, 3.05) is 20.8 Å². The summed E-state index contributed by atoms with van der Waals surface area (Å²) in [5, 5.41) is 49.5. The minimum Gasteiger partial charge on any atom is -0.465 e. The van der Waals surface area contributed by atoms with Gasteiger partial charge in [0, 0.05) is 5.92 Å². The monoisotopic (exact) mass is 448 g/mol. The number of aliphatic hydroxyl groups excluding tert-OH is 4. The molecule has 10 heteroatoms.